The molecule has 2 heterocycles. The lowest BCUT2D eigenvalue weighted by Gasteiger charge is -2.40. The number of nitrogens with zero attached hydrogens (tertiary/aromatic N) is 2. The lowest BCUT2D eigenvalue weighted by molar-refractivity contribution is -0.158. The van der Waals surface area contributed by atoms with Crippen molar-refractivity contribution >= 4 is 31.9 Å². The average molecular weight is 764 g/mol. The van der Waals surface area contributed by atoms with Crippen LogP contribution in [-0.2, 0) is 43.8 Å². The molecule has 1 amide bonds. The van der Waals surface area contributed by atoms with E-state index >= 15 is 0 Å². The summed E-state index contributed by atoms with van der Waals surface area (Å²) in [7, 11) is -6.66. The van der Waals surface area contributed by atoms with Crippen molar-refractivity contribution in [2.75, 3.05) is 33.4 Å². The monoisotopic (exact) mass is 763 g/mol. The quantitative estimate of drug-likeness (QED) is 0.156. The minimum absolute atomic E-state index is 0.00486. The van der Waals surface area contributed by atoms with E-state index in [-0.39, 0.29) is 42.2 Å². The second-order valence-corrected chi connectivity index (χ2v) is 15.5. The molecule has 2 saturated heterocycles. The highest BCUT2D eigenvalue weighted by Crippen LogP contribution is 2.29. The standard InChI is InChI=1S/C18H23NO6S.C17H22N2O6S/c1-5-6-11-24-15-7-9-16(10-8-15)26(21,22)19-12-13(2)25-14(3)17(19)18(20)23-4;1-4-5-10-24-14-6-8-15(9-7-14)26(22,23)19-11-12(2)25-13(3)16(19)17(20)18-21/h7-10,13-14,17H,11-12H2,1-4H3;6-9,12-13,16,21H,10-11H2,1-3H3,(H,18,20). The van der Waals surface area contributed by atoms with Crippen molar-refractivity contribution in [1.82, 2.24) is 14.1 Å². The number of benzene rings is 2. The number of morpholine rings is 2. The Hall–Kier alpha value is -4.20. The minimum atomic E-state index is -3.98. The number of hydrogen-bond donors (Lipinski definition) is 2. The van der Waals surface area contributed by atoms with Crippen LogP contribution >= 0.6 is 0 Å². The van der Waals surface area contributed by atoms with Gasteiger partial charge in [-0.1, -0.05) is 11.8 Å². The van der Waals surface area contributed by atoms with Crippen LogP contribution in [0.15, 0.2) is 58.3 Å². The summed E-state index contributed by atoms with van der Waals surface area (Å²) in [6, 6.07) is 9.68. The molecule has 17 heteroatoms. The van der Waals surface area contributed by atoms with Crippen molar-refractivity contribution in [2.45, 2.75) is 87.8 Å². The van der Waals surface area contributed by atoms with Crippen molar-refractivity contribution in [3.63, 3.8) is 0 Å². The van der Waals surface area contributed by atoms with Gasteiger partial charge in [-0.3, -0.25) is 14.8 Å². The van der Waals surface area contributed by atoms with Gasteiger partial charge in [-0.05, 0) is 90.1 Å². The van der Waals surface area contributed by atoms with E-state index in [0.717, 1.165) is 8.61 Å². The van der Waals surface area contributed by atoms with Gasteiger partial charge in [0.2, 0.25) is 20.0 Å². The molecule has 2 aromatic carbocycles. The van der Waals surface area contributed by atoms with Crippen LogP contribution < -0.4 is 15.0 Å². The molecule has 2 fully saturated rings. The molecule has 2 aliphatic rings. The number of sulfonamides is 2. The number of hydroxylamine groups is 1. The van der Waals surface area contributed by atoms with Crippen LogP contribution in [-0.4, -0.2) is 112 Å². The highest BCUT2D eigenvalue weighted by atomic mass is 32.2. The van der Waals surface area contributed by atoms with Gasteiger partial charge in [0.15, 0.2) is 0 Å². The van der Waals surface area contributed by atoms with E-state index in [0.29, 0.717) is 11.5 Å². The Labute approximate surface area is 305 Å². The van der Waals surface area contributed by atoms with Gasteiger partial charge < -0.3 is 23.7 Å². The summed E-state index contributed by atoms with van der Waals surface area (Å²) in [5, 5.41) is 8.96. The average Bonchev–Trinajstić information content (AvgIpc) is 3.11. The van der Waals surface area contributed by atoms with E-state index in [1.165, 1.54) is 49.0 Å². The van der Waals surface area contributed by atoms with E-state index in [4.69, 9.17) is 28.9 Å². The van der Waals surface area contributed by atoms with E-state index in [1.807, 2.05) is 0 Å². The van der Waals surface area contributed by atoms with Gasteiger partial charge >= 0.3 is 5.97 Å². The molecule has 0 saturated carbocycles. The first-order valence-electron chi connectivity index (χ1n) is 16.2. The summed E-state index contributed by atoms with van der Waals surface area (Å²) >= 11 is 0. The highest BCUT2D eigenvalue weighted by molar-refractivity contribution is 7.89. The fourth-order valence-electron chi connectivity index (χ4n) is 5.57. The normalized spacial score (nSPS) is 23.6. The third-order valence-electron chi connectivity index (χ3n) is 7.94. The number of methoxy groups -OCH3 is 1. The molecule has 0 aliphatic carbocycles. The molecule has 0 spiro atoms. The van der Waals surface area contributed by atoms with Gasteiger partial charge in [-0.15, -0.1) is 11.8 Å². The van der Waals surface area contributed by atoms with Crippen molar-refractivity contribution in [2.24, 2.45) is 0 Å². The first-order chi connectivity index (χ1) is 24.6. The summed E-state index contributed by atoms with van der Waals surface area (Å²) in [4.78, 5) is 24.2. The van der Waals surface area contributed by atoms with Crippen LogP contribution in [0.4, 0.5) is 0 Å². The largest absolute Gasteiger partial charge is 0.481 e. The number of ether oxygens (including phenoxy) is 5. The molecule has 15 nitrogen and oxygen atoms in total. The molecule has 2 aliphatic heterocycles. The highest BCUT2D eigenvalue weighted by Gasteiger charge is 2.46. The molecule has 2 N–H and O–H groups in total. The first-order valence-corrected chi connectivity index (χ1v) is 19.1. The van der Waals surface area contributed by atoms with Gasteiger partial charge in [0.05, 0.1) is 41.3 Å². The summed E-state index contributed by atoms with van der Waals surface area (Å²) in [5.74, 6) is 10.4. The van der Waals surface area contributed by atoms with E-state index in [2.05, 4.69) is 23.7 Å². The molecule has 4 rings (SSSR count). The first kappa shape index (κ1) is 42.2. The van der Waals surface area contributed by atoms with Crippen molar-refractivity contribution in [1.29, 1.82) is 0 Å². The summed E-state index contributed by atoms with van der Waals surface area (Å²) < 4.78 is 81.1. The molecule has 0 bridgehead atoms. The molecule has 6 atom stereocenters. The van der Waals surface area contributed by atoms with Crippen LogP contribution in [0.5, 0.6) is 11.5 Å². The molecule has 6 unspecified atom stereocenters. The molecule has 0 radical (unpaired) electrons. The zero-order valence-corrected chi connectivity index (χ0v) is 31.7. The second-order valence-electron chi connectivity index (χ2n) is 11.7. The Morgan fingerprint density at radius 1 is 0.750 bits per heavy atom. The van der Waals surface area contributed by atoms with Gasteiger partial charge in [-0.2, -0.15) is 8.61 Å². The SMILES string of the molecule is CC#CCOc1ccc(S(=O)(=O)N2CC(C)OC(C)C2C(=O)NO)cc1.CC#CCOc1ccc(S(=O)(=O)N2CC(C)OC(C)C2C(=O)OC)cc1. The third kappa shape index (κ3) is 10.4. The molecule has 52 heavy (non-hydrogen) atoms. The van der Waals surface area contributed by atoms with Crippen LogP contribution in [0.2, 0.25) is 0 Å². The number of hydrogen-bond acceptors (Lipinski definition) is 12. The van der Waals surface area contributed by atoms with E-state index < -0.39 is 62.3 Å². The Balaban J connectivity index is 0.000000280. The predicted molar refractivity (Wildman–Crippen MR) is 188 cm³/mol. The Kier molecular flexibility index (Phi) is 15.5. The van der Waals surface area contributed by atoms with Gasteiger partial charge in [0.25, 0.3) is 5.91 Å². The molecule has 284 valence electrons. The second kappa shape index (κ2) is 19.0. The van der Waals surface area contributed by atoms with Crippen LogP contribution in [0.25, 0.3) is 0 Å². The van der Waals surface area contributed by atoms with E-state index in [9.17, 15) is 26.4 Å². The molecular formula is C35H45N3O12S2. The summed E-state index contributed by atoms with van der Waals surface area (Å²) in [6.07, 6.45) is -2.05. The van der Waals surface area contributed by atoms with Gasteiger partial charge in [-0.25, -0.2) is 22.3 Å². The predicted octanol–water partition coefficient (Wildman–Crippen LogP) is 2.19. The molecular weight excluding hydrogens is 719 g/mol. The lowest BCUT2D eigenvalue weighted by Crippen LogP contribution is -2.60. The zero-order valence-electron chi connectivity index (χ0n) is 30.1. The minimum Gasteiger partial charge on any atom is -0.481 e. The Morgan fingerprint density at radius 2 is 1.13 bits per heavy atom. The van der Waals surface area contributed by atoms with E-state index in [1.54, 1.807) is 53.7 Å². The number of carbonyl (C=O) groups is 2. The van der Waals surface area contributed by atoms with Crippen molar-refractivity contribution < 1.29 is 55.3 Å². The van der Waals surface area contributed by atoms with Crippen molar-refractivity contribution in [3.05, 3.63) is 48.5 Å². The summed E-state index contributed by atoms with van der Waals surface area (Å²) in [5.41, 5.74) is 1.51. The number of amides is 1. The summed E-state index contributed by atoms with van der Waals surface area (Å²) in [6.45, 7) is 10.6. The lowest BCUT2D eigenvalue weighted by atomic mass is 10.1. The Morgan fingerprint density at radius 3 is 1.50 bits per heavy atom. The van der Waals surface area contributed by atoms with Crippen molar-refractivity contribution in [3.8, 4) is 35.2 Å². The topological polar surface area (TPSA) is 187 Å². The number of esters is 1. The van der Waals surface area contributed by atoms with Crippen LogP contribution in [0, 0.1) is 23.7 Å². The molecule has 0 aromatic heterocycles. The Bertz CT molecular complexity index is 1730. The third-order valence-corrected chi connectivity index (χ3v) is 11.7. The van der Waals surface area contributed by atoms with Gasteiger partial charge in [0, 0.05) is 13.1 Å². The molecule has 2 aromatic rings. The smallest absolute Gasteiger partial charge is 0.326 e. The van der Waals surface area contributed by atoms with Crippen LogP contribution in [0.1, 0.15) is 41.5 Å². The number of carbonyl (C=O) groups excluding carboxylic acids is 2. The van der Waals surface area contributed by atoms with Crippen LogP contribution in [0.3, 0.4) is 0 Å². The fraction of sp³-hybridized carbons (Fsp3) is 0.486. The number of rotatable bonds is 10. The zero-order chi connectivity index (χ0) is 38.6. The number of nitrogens with one attached hydrogen (secondary N) is 1. The maximum absolute atomic E-state index is 13.1. The van der Waals surface area contributed by atoms with Gasteiger partial charge in [0.1, 0.15) is 36.8 Å². The maximum Gasteiger partial charge on any atom is 0.326 e. The maximum atomic E-state index is 13.1. The fourth-order valence-corrected chi connectivity index (χ4v) is 9.01.